The Morgan fingerprint density at radius 1 is 0.606 bits per heavy atom. The van der Waals surface area contributed by atoms with Crippen molar-refractivity contribution in [2.75, 3.05) is 0 Å². The fourth-order valence-corrected chi connectivity index (χ4v) is 1.67. The Hall–Kier alpha value is -3.30. The van der Waals surface area contributed by atoms with E-state index < -0.39 is 36.5 Å². The zero-order valence-corrected chi connectivity index (χ0v) is 19.2. The first kappa shape index (κ1) is 37.0. The molecule has 0 aromatic carbocycles. The van der Waals surface area contributed by atoms with Gasteiger partial charge in [0.15, 0.2) is 0 Å². The molecular weight excluding hydrogens is 436 g/mol. The van der Waals surface area contributed by atoms with Gasteiger partial charge in [-0.05, 0) is 12.8 Å². The molecule has 190 valence electrons. The summed E-state index contributed by atoms with van der Waals surface area (Å²) in [6.07, 6.45) is 6.11. The summed E-state index contributed by atoms with van der Waals surface area (Å²) in [5.41, 5.74) is 0. The summed E-state index contributed by atoms with van der Waals surface area (Å²) in [6, 6.07) is 0. The van der Waals surface area contributed by atoms with Crippen LogP contribution in [0.25, 0.3) is 0 Å². The lowest BCUT2D eigenvalue weighted by Gasteiger charge is -2.15. The third-order valence-corrected chi connectivity index (χ3v) is 2.80. The van der Waals surface area contributed by atoms with Crippen LogP contribution in [0.1, 0.15) is 73.6 Å². The van der Waals surface area contributed by atoms with E-state index >= 15 is 0 Å². The van der Waals surface area contributed by atoms with Crippen molar-refractivity contribution in [2.24, 2.45) is 0 Å². The minimum absolute atomic E-state index is 0. The van der Waals surface area contributed by atoms with E-state index in [1.807, 2.05) is 0 Å². The van der Waals surface area contributed by atoms with Gasteiger partial charge in [-0.2, -0.15) is 0 Å². The largest absolute Gasteiger partial charge is 0.425 e. The van der Waals surface area contributed by atoms with E-state index in [0.29, 0.717) is 25.5 Å². The number of carbonyl (C=O) groups is 6. The smallest absolute Gasteiger partial charge is 0.305 e. The van der Waals surface area contributed by atoms with E-state index in [9.17, 15) is 28.8 Å². The van der Waals surface area contributed by atoms with Gasteiger partial charge in [0.2, 0.25) is 12.6 Å². The number of aldehydes is 2. The topological polar surface area (TPSA) is 139 Å². The van der Waals surface area contributed by atoms with Crippen LogP contribution in [0.3, 0.4) is 0 Å². The molecule has 10 nitrogen and oxygen atoms in total. The molecule has 0 fully saturated rings. The second-order valence-corrected chi connectivity index (χ2v) is 5.94. The molecule has 0 aromatic rings. The standard InChI is InChI=1S/C9H14O4.C8H12O5.C5H8O.CH4/c1-4-5-6-9(12-7(2)10)13-8(3)11;1-6(10)12-8(4-3-5-9)13-7(2)11;1-2-3-4-5-6;/h4,9H,1,5-6H2,2-3H3;5,8H,3-4H2,1-2H3;2,5H,1,3-4H2;1H4. The molecule has 0 saturated heterocycles. The molecule has 0 radical (unpaired) electrons. The van der Waals surface area contributed by atoms with Crippen molar-refractivity contribution < 1.29 is 47.7 Å². The number of allylic oxidation sites excluding steroid dienone is 2. The summed E-state index contributed by atoms with van der Waals surface area (Å²) in [5, 5.41) is 0. The summed E-state index contributed by atoms with van der Waals surface area (Å²) >= 11 is 0. The number of unbranched alkanes of at least 4 members (excludes halogenated alkanes) is 1. The van der Waals surface area contributed by atoms with Crippen LogP contribution >= 0.6 is 0 Å². The Morgan fingerprint density at radius 3 is 1.12 bits per heavy atom. The summed E-state index contributed by atoms with van der Waals surface area (Å²) < 4.78 is 18.7. The number of esters is 4. The molecule has 33 heavy (non-hydrogen) atoms. The van der Waals surface area contributed by atoms with Crippen LogP contribution in [-0.4, -0.2) is 49.0 Å². The van der Waals surface area contributed by atoms with Crippen molar-refractivity contribution >= 4 is 36.4 Å². The normalized spacial score (nSPS) is 8.79. The van der Waals surface area contributed by atoms with Gasteiger partial charge in [0, 0.05) is 53.4 Å². The van der Waals surface area contributed by atoms with Crippen molar-refractivity contribution in [3.05, 3.63) is 25.3 Å². The fraction of sp³-hybridized carbons (Fsp3) is 0.565. The Morgan fingerprint density at radius 2 is 0.909 bits per heavy atom. The molecule has 0 heterocycles. The van der Waals surface area contributed by atoms with Crippen LogP contribution in [0.4, 0.5) is 0 Å². The molecule has 10 heteroatoms. The van der Waals surface area contributed by atoms with Crippen molar-refractivity contribution in [3.8, 4) is 0 Å². The molecule has 0 unspecified atom stereocenters. The van der Waals surface area contributed by atoms with Crippen LogP contribution in [0.5, 0.6) is 0 Å². The van der Waals surface area contributed by atoms with E-state index in [4.69, 9.17) is 9.47 Å². The molecule has 0 saturated carbocycles. The first-order valence-electron chi connectivity index (χ1n) is 9.81. The van der Waals surface area contributed by atoms with Gasteiger partial charge in [-0.1, -0.05) is 19.6 Å². The SMILES string of the molecule is C.C=CCCC(OC(C)=O)OC(C)=O.C=CCCC=O.CC(=O)OC(CCC=O)OC(C)=O. The Kier molecular flexibility index (Phi) is 30.0. The predicted molar refractivity (Wildman–Crippen MR) is 122 cm³/mol. The molecule has 0 bridgehead atoms. The van der Waals surface area contributed by atoms with Crippen LogP contribution < -0.4 is 0 Å². The minimum Gasteiger partial charge on any atom is -0.425 e. The molecular formula is C23H38O10. The lowest BCUT2D eigenvalue weighted by atomic mass is 10.3. The Labute approximate surface area is 196 Å². The summed E-state index contributed by atoms with van der Waals surface area (Å²) in [6.45, 7) is 11.9. The third kappa shape index (κ3) is 36.4. The number of carbonyl (C=O) groups excluding carboxylic acids is 6. The van der Waals surface area contributed by atoms with Gasteiger partial charge in [0.1, 0.15) is 12.6 Å². The quantitative estimate of drug-likeness (QED) is 0.128. The van der Waals surface area contributed by atoms with Gasteiger partial charge in [0.25, 0.3) is 0 Å². The van der Waals surface area contributed by atoms with Crippen LogP contribution in [0, 0.1) is 0 Å². The maximum atomic E-state index is 10.6. The molecule has 0 aliphatic heterocycles. The highest BCUT2D eigenvalue weighted by Crippen LogP contribution is 2.06. The van der Waals surface area contributed by atoms with E-state index in [0.717, 1.165) is 12.7 Å². The van der Waals surface area contributed by atoms with Crippen molar-refractivity contribution in [1.82, 2.24) is 0 Å². The van der Waals surface area contributed by atoms with E-state index in [2.05, 4.69) is 22.6 Å². The predicted octanol–water partition coefficient (Wildman–Crippen LogP) is 3.61. The summed E-state index contributed by atoms with van der Waals surface area (Å²) in [5.74, 6) is -2.01. The minimum atomic E-state index is -0.944. The maximum Gasteiger partial charge on any atom is 0.305 e. The van der Waals surface area contributed by atoms with Crippen LogP contribution in [0.15, 0.2) is 25.3 Å². The van der Waals surface area contributed by atoms with Gasteiger partial charge in [-0.15, -0.1) is 13.2 Å². The number of hydrogen-bond acceptors (Lipinski definition) is 10. The number of ether oxygens (including phenoxy) is 4. The monoisotopic (exact) mass is 474 g/mol. The molecule has 0 amide bonds. The lowest BCUT2D eigenvalue weighted by molar-refractivity contribution is -0.187. The average Bonchev–Trinajstić information content (AvgIpc) is 2.68. The first-order chi connectivity index (χ1) is 15.0. The zero-order chi connectivity index (χ0) is 25.4. The summed E-state index contributed by atoms with van der Waals surface area (Å²) in [4.78, 5) is 61.6. The van der Waals surface area contributed by atoms with Gasteiger partial charge in [-0.25, -0.2) is 0 Å². The van der Waals surface area contributed by atoms with Gasteiger partial charge < -0.3 is 28.5 Å². The second kappa shape index (κ2) is 26.7. The van der Waals surface area contributed by atoms with Crippen LogP contribution in [-0.2, 0) is 47.7 Å². The molecule has 0 aliphatic rings. The van der Waals surface area contributed by atoms with Gasteiger partial charge in [0.05, 0.1) is 0 Å². The second-order valence-electron chi connectivity index (χ2n) is 5.94. The van der Waals surface area contributed by atoms with E-state index in [-0.39, 0.29) is 20.3 Å². The van der Waals surface area contributed by atoms with Crippen LogP contribution in [0.2, 0.25) is 0 Å². The van der Waals surface area contributed by atoms with Crippen molar-refractivity contribution in [3.63, 3.8) is 0 Å². The highest BCUT2D eigenvalue weighted by molar-refractivity contribution is 5.68. The summed E-state index contributed by atoms with van der Waals surface area (Å²) in [7, 11) is 0. The molecule has 0 aromatic heterocycles. The first-order valence-corrected chi connectivity index (χ1v) is 9.81. The highest BCUT2D eigenvalue weighted by atomic mass is 16.7. The molecule has 0 atom stereocenters. The number of rotatable bonds is 13. The molecule has 0 N–H and O–H groups in total. The Balaban J connectivity index is -0.000000201. The molecule has 0 rings (SSSR count). The van der Waals surface area contributed by atoms with Gasteiger partial charge in [-0.3, -0.25) is 19.2 Å². The van der Waals surface area contributed by atoms with E-state index in [1.54, 1.807) is 12.2 Å². The van der Waals surface area contributed by atoms with Gasteiger partial charge >= 0.3 is 23.9 Å². The van der Waals surface area contributed by atoms with Crippen molar-refractivity contribution in [1.29, 1.82) is 0 Å². The Bertz CT molecular complexity index is 514. The fourth-order valence-electron chi connectivity index (χ4n) is 1.67. The third-order valence-electron chi connectivity index (χ3n) is 2.80. The zero-order valence-electron chi connectivity index (χ0n) is 19.2. The molecule has 0 aliphatic carbocycles. The highest BCUT2D eigenvalue weighted by Gasteiger charge is 2.14. The van der Waals surface area contributed by atoms with E-state index in [1.165, 1.54) is 27.7 Å². The number of hydrogen-bond donors (Lipinski definition) is 0. The average molecular weight is 475 g/mol. The lowest BCUT2D eigenvalue weighted by Crippen LogP contribution is -2.22. The molecule has 0 spiro atoms. The van der Waals surface area contributed by atoms with Crippen molar-refractivity contribution in [2.45, 2.75) is 86.2 Å². The maximum absolute atomic E-state index is 10.6.